The Morgan fingerprint density at radius 2 is 1.58 bits per heavy atom. The molecule has 2 aliphatic heterocycles. The van der Waals surface area contributed by atoms with E-state index in [9.17, 15) is 9.59 Å². The third kappa shape index (κ3) is 2.37. The minimum atomic E-state index is -0.259. The smallest absolute Gasteiger partial charge is 0.281 e. The number of carbonyl (C=O) groups excluding carboxylic acids is 2. The molecule has 0 spiro atoms. The van der Waals surface area contributed by atoms with Crippen LogP contribution in [0.4, 0.5) is 5.69 Å². The van der Waals surface area contributed by atoms with Crippen molar-refractivity contribution in [1.82, 2.24) is 9.80 Å². The zero-order valence-electron chi connectivity index (χ0n) is 13.6. The molecule has 0 bridgehead atoms. The summed E-state index contributed by atoms with van der Waals surface area (Å²) in [6.45, 7) is 3.33. The minimum absolute atomic E-state index is 0.221. The van der Waals surface area contributed by atoms with Crippen molar-refractivity contribution in [1.29, 1.82) is 0 Å². The Morgan fingerprint density at radius 3 is 2.38 bits per heavy atom. The van der Waals surface area contributed by atoms with Crippen LogP contribution in [0.25, 0.3) is 10.8 Å². The van der Waals surface area contributed by atoms with Gasteiger partial charge in [-0.1, -0.05) is 36.4 Å². The van der Waals surface area contributed by atoms with Crippen molar-refractivity contribution in [3.05, 3.63) is 54.2 Å². The molecule has 0 aromatic heterocycles. The molecular weight excluding hydrogens is 302 g/mol. The fourth-order valence-electron chi connectivity index (χ4n) is 3.36. The average molecular weight is 321 g/mol. The van der Waals surface area contributed by atoms with E-state index in [1.165, 1.54) is 11.0 Å². The lowest BCUT2D eigenvalue weighted by Crippen LogP contribution is -2.46. The molecule has 4 rings (SSSR count). The van der Waals surface area contributed by atoms with Gasteiger partial charge in [0.25, 0.3) is 11.8 Å². The number of fused-ring (bicyclic) bond motifs is 1. The van der Waals surface area contributed by atoms with Gasteiger partial charge >= 0.3 is 0 Å². The Hall–Kier alpha value is -2.66. The lowest BCUT2D eigenvalue weighted by atomic mass is 10.1. The highest BCUT2D eigenvalue weighted by molar-refractivity contribution is 6.32. The molecule has 1 fully saturated rings. The number of piperazine rings is 1. The molecule has 0 saturated carbocycles. The van der Waals surface area contributed by atoms with E-state index in [-0.39, 0.29) is 11.8 Å². The summed E-state index contributed by atoms with van der Waals surface area (Å²) in [5.41, 5.74) is 1.17. The van der Waals surface area contributed by atoms with Crippen LogP contribution in [0.5, 0.6) is 0 Å². The number of likely N-dealkylation sites (N-methyl/N-ethyl adjacent to an activating group) is 1. The summed E-state index contributed by atoms with van der Waals surface area (Å²) < 4.78 is 0. The fraction of sp³-hybridized carbons (Fsp3) is 0.263. The molecule has 5 nitrogen and oxygen atoms in total. The summed E-state index contributed by atoms with van der Waals surface area (Å²) >= 11 is 0. The number of nitrogens with zero attached hydrogens (tertiary/aromatic N) is 3. The Balaban J connectivity index is 1.68. The first-order valence-electron chi connectivity index (χ1n) is 8.16. The maximum atomic E-state index is 12.9. The van der Waals surface area contributed by atoms with Gasteiger partial charge in [-0.25, -0.2) is 4.90 Å². The fourth-order valence-corrected chi connectivity index (χ4v) is 3.36. The highest BCUT2D eigenvalue weighted by Crippen LogP contribution is 2.31. The van der Waals surface area contributed by atoms with Crippen molar-refractivity contribution in [2.75, 3.05) is 38.1 Å². The van der Waals surface area contributed by atoms with E-state index in [1.807, 2.05) is 47.4 Å². The van der Waals surface area contributed by atoms with Crippen LogP contribution >= 0.6 is 0 Å². The molecule has 122 valence electrons. The second-order valence-corrected chi connectivity index (χ2v) is 6.30. The van der Waals surface area contributed by atoms with E-state index in [1.54, 1.807) is 0 Å². The van der Waals surface area contributed by atoms with E-state index < -0.39 is 0 Å². The van der Waals surface area contributed by atoms with Crippen LogP contribution in [0.15, 0.2) is 54.2 Å². The zero-order chi connectivity index (χ0) is 16.7. The summed E-state index contributed by atoms with van der Waals surface area (Å²) in [4.78, 5) is 31.0. The third-order valence-corrected chi connectivity index (χ3v) is 4.75. The maximum absolute atomic E-state index is 12.9. The van der Waals surface area contributed by atoms with E-state index in [4.69, 9.17) is 0 Å². The second-order valence-electron chi connectivity index (χ2n) is 6.30. The van der Waals surface area contributed by atoms with Crippen LogP contribution in [-0.4, -0.2) is 54.8 Å². The van der Waals surface area contributed by atoms with Crippen LogP contribution in [0.3, 0.4) is 0 Å². The number of carbonyl (C=O) groups is 2. The van der Waals surface area contributed by atoms with Crippen LogP contribution < -0.4 is 4.90 Å². The van der Waals surface area contributed by atoms with Gasteiger partial charge in [-0.2, -0.15) is 0 Å². The molecule has 24 heavy (non-hydrogen) atoms. The Labute approximate surface area is 140 Å². The Morgan fingerprint density at radius 1 is 0.875 bits per heavy atom. The molecule has 2 amide bonds. The van der Waals surface area contributed by atoms with E-state index >= 15 is 0 Å². The maximum Gasteiger partial charge on any atom is 0.281 e. The van der Waals surface area contributed by atoms with Crippen molar-refractivity contribution >= 4 is 28.3 Å². The summed E-state index contributed by atoms with van der Waals surface area (Å²) in [5.74, 6) is -0.480. The van der Waals surface area contributed by atoms with Crippen LogP contribution in [-0.2, 0) is 9.59 Å². The van der Waals surface area contributed by atoms with E-state index in [0.29, 0.717) is 11.4 Å². The summed E-state index contributed by atoms with van der Waals surface area (Å²) in [5, 5.41) is 1.93. The van der Waals surface area contributed by atoms with Crippen molar-refractivity contribution < 1.29 is 9.59 Å². The van der Waals surface area contributed by atoms with Crippen molar-refractivity contribution in [2.24, 2.45) is 0 Å². The SMILES string of the molecule is CN1CCN(C2=CC(=O)N(c3cccc4ccccc34)C2=O)CC1. The number of rotatable bonds is 2. The second kappa shape index (κ2) is 5.76. The van der Waals surface area contributed by atoms with Gasteiger partial charge in [0, 0.05) is 37.6 Å². The van der Waals surface area contributed by atoms with Gasteiger partial charge in [0.2, 0.25) is 0 Å². The summed E-state index contributed by atoms with van der Waals surface area (Å²) in [7, 11) is 2.07. The molecule has 2 aliphatic rings. The molecule has 5 heteroatoms. The predicted octanol–water partition coefficient (Wildman–Crippen LogP) is 1.84. The van der Waals surface area contributed by atoms with E-state index in [2.05, 4.69) is 11.9 Å². The van der Waals surface area contributed by atoms with Gasteiger partial charge in [0.15, 0.2) is 0 Å². The molecular formula is C19H19N3O2. The predicted molar refractivity (Wildman–Crippen MR) is 93.6 cm³/mol. The first kappa shape index (κ1) is 14.9. The molecule has 0 N–H and O–H groups in total. The first-order valence-corrected chi connectivity index (χ1v) is 8.16. The van der Waals surface area contributed by atoms with Crippen molar-refractivity contribution in [2.45, 2.75) is 0 Å². The minimum Gasteiger partial charge on any atom is -0.364 e. The molecule has 2 heterocycles. The first-order chi connectivity index (χ1) is 11.6. The molecule has 0 atom stereocenters. The third-order valence-electron chi connectivity index (χ3n) is 4.75. The number of hydrogen-bond acceptors (Lipinski definition) is 4. The van der Waals surface area contributed by atoms with Crippen LogP contribution in [0, 0.1) is 0 Å². The topological polar surface area (TPSA) is 43.9 Å². The number of hydrogen-bond donors (Lipinski definition) is 0. The van der Waals surface area contributed by atoms with Gasteiger partial charge in [-0.3, -0.25) is 9.59 Å². The highest BCUT2D eigenvalue weighted by Gasteiger charge is 2.36. The highest BCUT2D eigenvalue weighted by atomic mass is 16.2. The molecule has 0 radical (unpaired) electrons. The van der Waals surface area contributed by atoms with Crippen molar-refractivity contribution in [3.63, 3.8) is 0 Å². The zero-order valence-corrected chi connectivity index (χ0v) is 13.6. The van der Waals surface area contributed by atoms with Gasteiger partial charge < -0.3 is 9.80 Å². The standard InChI is InChI=1S/C19H19N3O2/c1-20-9-11-21(12-10-20)17-13-18(23)22(19(17)24)16-8-4-6-14-5-2-3-7-15(14)16/h2-8,13H,9-12H2,1H3. The Bertz CT molecular complexity index is 845. The number of amides is 2. The van der Waals surface area contributed by atoms with Gasteiger partial charge in [-0.05, 0) is 18.5 Å². The number of benzene rings is 2. The quantitative estimate of drug-likeness (QED) is 0.792. The molecule has 0 unspecified atom stereocenters. The number of anilines is 1. The van der Waals surface area contributed by atoms with Gasteiger partial charge in [0.05, 0.1) is 5.69 Å². The van der Waals surface area contributed by atoms with Gasteiger partial charge in [-0.15, -0.1) is 0 Å². The van der Waals surface area contributed by atoms with Crippen LogP contribution in [0.1, 0.15) is 0 Å². The lowest BCUT2D eigenvalue weighted by Gasteiger charge is -2.34. The largest absolute Gasteiger partial charge is 0.364 e. The summed E-state index contributed by atoms with van der Waals surface area (Å²) in [6, 6.07) is 13.5. The van der Waals surface area contributed by atoms with Gasteiger partial charge in [0.1, 0.15) is 5.70 Å². The van der Waals surface area contributed by atoms with Crippen LogP contribution in [0.2, 0.25) is 0 Å². The molecule has 0 aliphatic carbocycles. The Kier molecular flexibility index (Phi) is 3.58. The normalized spacial score (nSPS) is 19.3. The van der Waals surface area contributed by atoms with E-state index in [0.717, 1.165) is 37.0 Å². The van der Waals surface area contributed by atoms with Crippen molar-refractivity contribution in [3.8, 4) is 0 Å². The molecule has 2 aromatic rings. The monoisotopic (exact) mass is 321 g/mol. The molecule has 2 aromatic carbocycles. The number of imide groups is 1. The summed E-state index contributed by atoms with van der Waals surface area (Å²) in [6.07, 6.45) is 1.48. The lowest BCUT2D eigenvalue weighted by molar-refractivity contribution is -0.121. The average Bonchev–Trinajstić information content (AvgIpc) is 2.90. The molecule has 1 saturated heterocycles.